The molecule has 0 aliphatic carbocycles. The maximum atomic E-state index is 12.2. The van der Waals surface area contributed by atoms with Gasteiger partial charge in [0.2, 0.25) is 0 Å². The Morgan fingerprint density at radius 3 is 2.56 bits per heavy atom. The molecule has 2 aromatic carbocycles. The predicted octanol–water partition coefficient (Wildman–Crippen LogP) is 3.87. The largest absolute Gasteiger partial charge is 0.494 e. The van der Waals surface area contributed by atoms with Crippen LogP contribution in [0.4, 0.5) is 11.4 Å². The van der Waals surface area contributed by atoms with Crippen molar-refractivity contribution in [2.24, 2.45) is 0 Å². The number of non-ortho nitro benzene ring substituents is 1. The number of nitrogens with zero attached hydrogens (tertiary/aromatic N) is 1. The second-order valence-electron chi connectivity index (χ2n) is 5.40. The second kappa shape index (κ2) is 9.00. The van der Waals surface area contributed by atoms with Gasteiger partial charge in [0.1, 0.15) is 11.5 Å². The van der Waals surface area contributed by atoms with Crippen LogP contribution in [0.1, 0.15) is 23.7 Å². The number of benzene rings is 2. The summed E-state index contributed by atoms with van der Waals surface area (Å²) in [5.74, 6) is -0.292. The molecule has 1 amide bonds. The highest BCUT2D eigenvalue weighted by Gasteiger charge is 2.16. The van der Waals surface area contributed by atoms with Crippen LogP contribution in [0.15, 0.2) is 36.4 Å². The van der Waals surface area contributed by atoms with E-state index in [4.69, 9.17) is 21.1 Å². The number of carbonyl (C=O) groups excluding carboxylic acids is 2. The first-order chi connectivity index (χ1) is 12.8. The third-order valence-corrected chi connectivity index (χ3v) is 3.83. The third-order valence-electron chi connectivity index (χ3n) is 3.59. The van der Waals surface area contributed by atoms with Crippen molar-refractivity contribution in [3.8, 4) is 11.5 Å². The molecule has 0 fully saturated rings. The van der Waals surface area contributed by atoms with Gasteiger partial charge < -0.3 is 14.8 Å². The maximum Gasteiger partial charge on any atom is 0.273 e. The van der Waals surface area contributed by atoms with Gasteiger partial charge in [-0.25, -0.2) is 0 Å². The zero-order valence-electron chi connectivity index (χ0n) is 14.7. The van der Waals surface area contributed by atoms with Gasteiger partial charge in [0.15, 0.2) is 12.4 Å². The highest BCUT2D eigenvalue weighted by Crippen LogP contribution is 2.29. The van der Waals surface area contributed by atoms with Crippen molar-refractivity contribution in [2.75, 3.05) is 19.0 Å². The zero-order chi connectivity index (χ0) is 20.0. The molecule has 1 N–H and O–H groups in total. The molecule has 27 heavy (non-hydrogen) atoms. The van der Waals surface area contributed by atoms with E-state index in [1.807, 2.05) is 0 Å². The minimum Gasteiger partial charge on any atom is -0.494 e. The lowest BCUT2D eigenvalue weighted by Crippen LogP contribution is -2.21. The van der Waals surface area contributed by atoms with Gasteiger partial charge in [-0.1, -0.05) is 18.5 Å². The molecule has 0 unspecified atom stereocenters. The van der Waals surface area contributed by atoms with Crippen LogP contribution < -0.4 is 14.8 Å². The molecule has 2 rings (SSSR count). The van der Waals surface area contributed by atoms with Gasteiger partial charge in [-0.3, -0.25) is 19.7 Å². The molecule has 0 saturated carbocycles. The summed E-state index contributed by atoms with van der Waals surface area (Å²) in [5, 5.41) is 13.7. The molecule has 8 nitrogen and oxygen atoms in total. The number of methoxy groups -OCH3 is 1. The molecular formula is C18H17ClN2O6. The Bertz CT molecular complexity index is 884. The minimum absolute atomic E-state index is 0.144. The molecule has 0 atom stereocenters. The van der Waals surface area contributed by atoms with Gasteiger partial charge in [-0.15, -0.1) is 0 Å². The topological polar surface area (TPSA) is 108 Å². The van der Waals surface area contributed by atoms with Crippen LogP contribution in [-0.4, -0.2) is 30.3 Å². The first-order valence-corrected chi connectivity index (χ1v) is 8.31. The second-order valence-corrected chi connectivity index (χ2v) is 5.83. The smallest absolute Gasteiger partial charge is 0.273 e. The Balaban J connectivity index is 2.09. The molecule has 142 valence electrons. The van der Waals surface area contributed by atoms with E-state index in [1.54, 1.807) is 13.0 Å². The number of nitro benzene ring substituents is 1. The molecular weight excluding hydrogens is 376 g/mol. The Hall–Kier alpha value is -3.13. The average Bonchev–Trinajstić information content (AvgIpc) is 2.66. The van der Waals surface area contributed by atoms with Crippen molar-refractivity contribution in [1.82, 2.24) is 0 Å². The number of hydrogen-bond acceptors (Lipinski definition) is 6. The summed E-state index contributed by atoms with van der Waals surface area (Å²) in [6.07, 6.45) is 0.267. The fourth-order valence-electron chi connectivity index (χ4n) is 2.26. The number of hydrogen-bond donors (Lipinski definition) is 1. The van der Waals surface area contributed by atoms with Crippen LogP contribution in [0.2, 0.25) is 5.02 Å². The Labute approximate surface area is 160 Å². The number of nitrogens with one attached hydrogen (secondary N) is 1. The standard InChI is InChI=1S/C18H17ClN2O6/c1-3-15(22)13-8-11(19)4-7-16(13)27-10-18(23)20-14-6-5-12(21(24)25)9-17(14)26-2/h4-9H,3,10H2,1-2H3,(H,20,23). The van der Waals surface area contributed by atoms with Crippen LogP contribution in [0.5, 0.6) is 11.5 Å². The molecule has 0 aliphatic heterocycles. The maximum absolute atomic E-state index is 12.2. The number of ether oxygens (including phenoxy) is 2. The lowest BCUT2D eigenvalue weighted by atomic mass is 10.1. The highest BCUT2D eigenvalue weighted by atomic mass is 35.5. The van der Waals surface area contributed by atoms with E-state index in [0.717, 1.165) is 0 Å². The van der Waals surface area contributed by atoms with Gasteiger partial charge in [0.25, 0.3) is 11.6 Å². The fourth-order valence-corrected chi connectivity index (χ4v) is 2.43. The Kier molecular flexibility index (Phi) is 6.73. The van der Waals surface area contributed by atoms with Gasteiger partial charge >= 0.3 is 0 Å². The van der Waals surface area contributed by atoms with Gasteiger partial charge in [0, 0.05) is 17.5 Å². The van der Waals surface area contributed by atoms with Gasteiger partial charge in [-0.05, 0) is 24.3 Å². The molecule has 0 spiro atoms. The van der Waals surface area contributed by atoms with Crippen LogP contribution in [0.3, 0.4) is 0 Å². The highest BCUT2D eigenvalue weighted by molar-refractivity contribution is 6.31. The van der Waals surface area contributed by atoms with E-state index in [0.29, 0.717) is 10.6 Å². The normalized spacial score (nSPS) is 10.2. The predicted molar refractivity (Wildman–Crippen MR) is 99.8 cm³/mol. The third kappa shape index (κ3) is 5.18. The fraction of sp³-hybridized carbons (Fsp3) is 0.222. The van der Waals surface area contributed by atoms with Crippen LogP contribution in [0.25, 0.3) is 0 Å². The average molecular weight is 393 g/mol. The SMILES string of the molecule is CCC(=O)c1cc(Cl)ccc1OCC(=O)Nc1ccc([N+](=O)[O-])cc1OC. The van der Waals surface area contributed by atoms with Gasteiger partial charge in [0.05, 0.1) is 29.4 Å². The van der Waals surface area contributed by atoms with Crippen molar-refractivity contribution in [3.63, 3.8) is 0 Å². The number of amides is 1. The zero-order valence-corrected chi connectivity index (χ0v) is 15.4. The Morgan fingerprint density at radius 2 is 1.93 bits per heavy atom. The first kappa shape index (κ1) is 20.2. The lowest BCUT2D eigenvalue weighted by molar-refractivity contribution is -0.384. The lowest BCUT2D eigenvalue weighted by Gasteiger charge is -2.12. The summed E-state index contributed by atoms with van der Waals surface area (Å²) in [5.41, 5.74) is 0.397. The van der Waals surface area contributed by atoms with Gasteiger partial charge in [-0.2, -0.15) is 0 Å². The number of halogens is 1. The molecule has 0 aliphatic rings. The molecule has 9 heteroatoms. The molecule has 0 heterocycles. The van der Waals surface area contributed by atoms with E-state index < -0.39 is 10.8 Å². The Morgan fingerprint density at radius 1 is 1.19 bits per heavy atom. The first-order valence-electron chi connectivity index (χ1n) is 7.93. The summed E-state index contributed by atoms with van der Waals surface area (Å²) in [4.78, 5) is 34.4. The van der Waals surface area contributed by atoms with Crippen molar-refractivity contribution in [1.29, 1.82) is 0 Å². The van der Waals surface area contributed by atoms with E-state index in [1.165, 1.54) is 37.4 Å². The molecule has 0 aromatic heterocycles. The summed E-state index contributed by atoms with van der Waals surface area (Å²) >= 11 is 5.91. The number of Topliss-reactive ketones (excluding diaryl/α,β-unsaturated/α-hetero) is 1. The molecule has 0 radical (unpaired) electrons. The summed E-state index contributed by atoms with van der Waals surface area (Å²) in [6, 6.07) is 8.37. The van der Waals surface area contributed by atoms with Crippen molar-refractivity contribution in [3.05, 3.63) is 57.1 Å². The van der Waals surface area contributed by atoms with Crippen LogP contribution in [-0.2, 0) is 4.79 Å². The number of nitro groups is 1. The van der Waals surface area contributed by atoms with Crippen molar-refractivity contribution in [2.45, 2.75) is 13.3 Å². The number of ketones is 1. The summed E-state index contributed by atoms with van der Waals surface area (Å²) in [6.45, 7) is 1.34. The molecule has 0 saturated heterocycles. The van der Waals surface area contributed by atoms with Crippen molar-refractivity contribution >= 4 is 34.7 Å². The summed E-state index contributed by atoms with van der Waals surface area (Å²) in [7, 11) is 1.33. The quantitative estimate of drug-likeness (QED) is 0.415. The van der Waals surface area contributed by atoms with E-state index in [9.17, 15) is 19.7 Å². The van der Waals surface area contributed by atoms with Crippen LogP contribution >= 0.6 is 11.6 Å². The van der Waals surface area contributed by atoms with Crippen LogP contribution in [0, 0.1) is 10.1 Å². The van der Waals surface area contributed by atoms with E-state index in [2.05, 4.69) is 5.32 Å². The number of carbonyl (C=O) groups is 2. The minimum atomic E-state index is -0.565. The summed E-state index contributed by atoms with van der Waals surface area (Å²) < 4.78 is 10.5. The van der Waals surface area contributed by atoms with Crippen molar-refractivity contribution < 1.29 is 24.0 Å². The molecule has 2 aromatic rings. The molecule has 0 bridgehead atoms. The monoisotopic (exact) mass is 392 g/mol. The van der Waals surface area contributed by atoms with E-state index in [-0.39, 0.29) is 41.7 Å². The number of rotatable bonds is 8. The number of anilines is 1. The van der Waals surface area contributed by atoms with E-state index >= 15 is 0 Å².